The lowest BCUT2D eigenvalue weighted by atomic mass is 9.79. The van der Waals surface area contributed by atoms with Crippen LogP contribution >= 0.6 is 0 Å². The fraction of sp³-hybridized carbons (Fsp3) is 0.846. The van der Waals surface area contributed by atoms with Gasteiger partial charge in [0.05, 0.1) is 0 Å². The number of nitrogens with one attached hydrogen (secondary N) is 1. The fourth-order valence-electron chi connectivity index (χ4n) is 3.03. The van der Waals surface area contributed by atoms with E-state index in [4.69, 9.17) is 0 Å². The van der Waals surface area contributed by atoms with Gasteiger partial charge in [0.15, 0.2) is 0 Å². The van der Waals surface area contributed by atoms with Gasteiger partial charge in [0, 0.05) is 6.54 Å². The van der Waals surface area contributed by atoms with E-state index in [1.54, 1.807) is 5.57 Å². The van der Waals surface area contributed by atoms with Gasteiger partial charge < -0.3 is 5.32 Å². The predicted octanol–water partition coefficient (Wildman–Crippen LogP) is 3.27. The van der Waals surface area contributed by atoms with Gasteiger partial charge in [0.2, 0.25) is 0 Å². The Morgan fingerprint density at radius 3 is 2.86 bits per heavy atom. The van der Waals surface area contributed by atoms with Crippen molar-refractivity contribution in [2.45, 2.75) is 51.9 Å². The van der Waals surface area contributed by atoms with E-state index in [9.17, 15) is 0 Å². The molecule has 1 unspecified atom stereocenters. The van der Waals surface area contributed by atoms with Crippen molar-refractivity contribution >= 4 is 0 Å². The average Bonchev–Trinajstić information content (AvgIpc) is 2.30. The molecular formula is C13H23N. The van der Waals surface area contributed by atoms with E-state index in [0.717, 1.165) is 5.92 Å². The zero-order valence-corrected chi connectivity index (χ0v) is 9.44. The van der Waals surface area contributed by atoms with Gasteiger partial charge >= 0.3 is 0 Å². The van der Waals surface area contributed by atoms with Crippen LogP contribution in [-0.2, 0) is 0 Å². The maximum atomic E-state index is 3.52. The van der Waals surface area contributed by atoms with Crippen molar-refractivity contribution in [3.05, 3.63) is 11.1 Å². The van der Waals surface area contributed by atoms with E-state index in [1.807, 2.05) is 5.57 Å². The summed E-state index contributed by atoms with van der Waals surface area (Å²) in [5, 5.41) is 3.52. The Kier molecular flexibility index (Phi) is 3.63. The predicted molar refractivity (Wildman–Crippen MR) is 61.4 cm³/mol. The maximum Gasteiger partial charge on any atom is 0.0167 e. The molecule has 0 bridgehead atoms. The minimum atomic E-state index is 0.929. The Bertz CT molecular complexity index is 209. The minimum Gasteiger partial charge on any atom is -0.313 e. The molecule has 0 amide bonds. The summed E-state index contributed by atoms with van der Waals surface area (Å²) in [7, 11) is 0. The highest BCUT2D eigenvalue weighted by Gasteiger charge is 2.21. The monoisotopic (exact) mass is 193 g/mol. The summed E-state index contributed by atoms with van der Waals surface area (Å²) in [5.74, 6) is 0.929. The zero-order valence-electron chi connectivity index (χ0n) is 9.44. The van der Waals surface area contributed by atoms with Crippen LogP contribution in [0.2, 0.25) is 0 Å². The van der Waals surface area contributed by atoms with Gasteiger partial charge in [-0.25, -0.2) is 0 Å². The van der Waals surface area contributed by atoms with E-state index in [2.05, 4.69) is 12.2 Å². The molecule has 1 heterocycles. The van der Waals surface area contributed by atoms with Gasteiger partial charge in [0.25, 0.3) is 0 Å². The molecule has 1 saturated heterocycles. The van der Waals surface area contributed by atoms with Gasteiger partial charge in [-0.15, -0.1) is 0 Å². The largest absolute Gasteiger partial charge is 0.313 e. The molecule has 0 aromatic rings. The molecule has 2 fully saturated rings. The molecule has 1 nitrogen and oxygen atoms in total. The number of allylic oxidation sites excluding steroid dienone is 1. The van der Waals surface area contributed by atoms with E-state index >= 15 is 0 Å². The summed E-state index contributed by atoms with van der Waals surface area (Å²) in [6.07, 6.45) is 9.84. The van der Waals surface area contributed by atoms with Gasteiger partial charge in [-0.3, -0.25) is 0 Å². The van der Waals surface area contributed by atoms with Crippen molar-refractivity contribution in [2.24, 2.45) is 5.92 Å². The number of piperidine rings is 1. The van der Waals surface area contributed by atoms with Crippen molar-refractivity contribution < 1.29 is 0 Å². The van der Waals surface area contributed by atoms with Crippen LogP contribution in [0.3, 0.4) is 0 Å². The second-order valence-electron chi connectivity index (χ2n) is 4.76. The molecule has 1 saturated carbocycles. The molecule has 0 radical (unpaired) electrons. The summed E-state index contributed by atoms with van der Waals surface area (Å²) < 4.78 is 0. The first-order valence-electron chi connectivity index (χ1n) is 6.33. The summed E-state index contributed by atoms with van der Waals surface area (Å²) in [4.78, 5) is 0. The molecule has 14 heavy (non-hydrogen) atoms. The van der Waals surface area contributed by atoms with Gasteiger partial charge in [0.1, 0.15) is 0 Å². The first-order chi connectivity index (χ1) is 6.92. The van der Waals surface area contributed by atoms with Crippen LogP contribution in [0.1, 0.15) is 51.9 Å². The highest BCUT2D eigenvalue weighted by molar-refractivity contribution is 5.21. The number of hydrogen-bond donors (Lipinski definition) is 1. The summed E-state index contributed by atoms with van der Waals surface area (Å²) in [6, 6.07) is 0. The normalized spacial score (nSPS) is 34.5. The lowest BCUT2D eigenvalue weighted by Crippen LogP contribution is -2.26. The van der Waals surface area contributed by atoms with E-state index < -0.39 is 0 Å². The third-order valence-electron chi connectivity index (χ3n) is 3.86. The van der Waals surface area contributed by atoms with Crippen LogP contribution in [0, 0.1) is 5.92 Å². The van der Waals surface area contributed by atoms with Crippen molar-refractivity contribution in [1.29, 1.82) is 0 Å². The first kappa shape index (κ1) is 10.2. The minimum absolute atomic E-state index is 0.929. The SMILES string of the molecule is CCC1CCCCC1=C1CCCNC1. The standard InChI is InChI=1S/C13H23N/c1-2-11-6-3-4-8-13(11)12-7-5-9-14-10-12/h11,14H,2-10H2,1H3. The third-order valence-corrected chi connectivity index (χ3v) is 3.86. The van der Waals surface area contributed by atoms with Crippen molar-refractivity contribution in [1.82, 2.24) is 5.32 Å². The molecule has 1 aliphatic carbocycles. The molecule has 0 aromatic heterocycles. The van der Waals surface area contributed by atoms with Crippen LogP contribution in [0.15, 0.2) is 11.1 Å². The number of rotatable bonds is 1. The summed E-state index contributed by atoms with van der Waals surface area (Å²) >= 11 is 0. The van der Waals surface area contributed by atoms with E-state index in [-0.39, 0.29) is 0 Å². The average molecular weight is 193 g/mol. The van der Waals surface area contributed by atoms with Gasteiger partial charge in [-0.2, -0.15) is 0 Å². The molecule has 2 aliphatic rings. The molecule has 1 atom stereocenters. The topological polar surface area (TPSA) is 12.0 Å². The van der Waals surface area contributed by atoms with Crippen LogP contribution in [0.4, 0.5) is 0 Å². The van der Waals surface area contributed by atoms with Crippen LogP contribution < -0.4 is 5.32 Å². The molecule has 80 valence electrons. The molecule has 1 N–H and O–H groups in total. The fourth-order valence-corrected chi connectivity index (χ4v) is 3.03. The molecular weight excluding hydrogens is 170 g/mol. The van der Waals surface area contributed by atoms with Gasteiger partial charge in [-0.1, -0.05) is 24.5 Å². The molecule has 0 aromatic carbocycles. The molecule has 1 aliphatic heterocycles. The quantitative estimate of drug-likeness (QED) is 0.630. The second kappa shape index (κ2) is 4.97. The first-order valence-corrected chi connectivity index (χ1v) is 6.33. The Morgan fingerprint density at radius 1 is 1.21 bits per heavy atom. The van der Waals surface area contributed by atoms with Gasteiger partial charge in [-0.05, 0) is 51.0 Å². The number of hydrogen-bond acceptors (Lipinski definition) is 1. The Labute approximate surface area is 88.0 Å². The molecule has 1 heteroatoms. The van der Waals surface area contributed by atoms with Crippen LogP contribution in [0.25, 0.3) is 0 Å². The smallest absolute Gasteiger partial charge is 0.0167 e. The van der Waals surface area contributed by atoms with Crippen molar-refractivity contribution in [3.63, 3.8) is 0 Å². The lowest BCUT2D eigenvalue weighted by Gasteiger charge is -2.29. The van der Waals surface area contributed by atoms with E-state index in [0.29, 0.717) is 0 Å². The van der Waals surface area contributed by atoms with Crippen molar-refractivity contribution in [2.75, 3.05) is 13.1 Å². The molecule has 2 rings (SSSR count). The molecule has 0 spiro atoms. The Morgan fingerprint density at radius 2 is 2.14 bits per heavy atom. The van der Waals surface area contributed by atoms with E-state index in [1.165, 1.54) is 58.0 Å². The maximum absolute atomic E-state index is 3.52. The highest BCUT2D eigenvalue weighted by atomic mass is 14.9. The highest BCUT2D eigenvalue weighted by Crippen LogP contribution is 2.35. The Balaban J connectivity index is 2.10. The second-order valence-corrected chi connectivity index (χ2v) is 4.76. The lowest BCUT2D eigenvalue weighted by molar-refractivity contribution is 0.429. The van der Waals surface area contributed by atoms with Crippen LogP contribution in [0.5, 0.6) is 0 Å². The zero-order chi connectivity index (χ0) is 9.80. The summed E-state index contributed by atoms with van der Waals surface area (Å²) in [6.45, 7) is 4.77. The Hall–Kier alpha value is -0.300. The third kappa shape index (κ3) is 2.20. The van der Waals surface area contributed by atoms with Crippen LogP contribution in [-0.4, -0.2) is 13.1 Å². The summed E-state index contributed by atoms with van der Waals surface area (Å²) in [5.41, 5.74) is 3.61. The van der Waals surface area contributed by atoms with Crippen molar-refractivity contribution in [3.8, 4) is 0 Å².